The molecule has 0 unspecified atom stereocenters. The van der Waals surface area contributed by atoms with E-state index in [1.165, 1.54) is 6.07 Å². The van der Waals surface area contributed by atoms with Crippen molar-refractivity contribution < 1.29 is 17.5 Å². The summed E-state index contributed by atoms with van der Waals surface area (Å²) in [6.45, 7) is 6.58. The van der Waals surface area contributed by atoms with E-state index in [-0.39, 0.29) is 11.9 Å². The molecular formula is C26H32FN3O3S2. The van der Waals surface area contributed by atoms with Gasteiger partial charge in [0.2, 0.25) is 10.0 Å². The molecule has 35 heavy (non-hydrogen) atoms. The van der Waals surface area contributed by atoms with Gasteiger partial charge in [-0.05, 0) is 80.0 Å². The molecule has 188 valence electrons. The molecule has 0 bridgehead atoms. The highest BCUT2D eigenvalue weighted by atomic mass is 32.2. The number of aromatic nitrogens is 2. The second-order valence-electron chi connectivity index (χ2n) is 9.76. The molecule has 0 aliphatic carbocycles. The van der Waals surface area contributed by atoms with Gasteiger partial charge in [-0.2, -0.15) is 4.31 Å². The number of rotatable bonds is 7. The van der Waals surface area contributed by atoms with E-state index in [2.05, 4.69) is 11.5 Å². The van der Waals surface area contributed by atoms with E-state index < -0.39 is 10.0 Å². The molecule has 2 atom stereocenters. The Balaban J connectivity index is 1.47. The minimum atomic E-state index is -3.56. The molecule has 3 aromatic rings. The third kappa shape index (κ3) is 5.28. The SMILES string of the molecule is Cc1cc(F)ccc1CSc1nc2cc(S(=O)(=O)N3CCC[C@@H](C)C3)ccc2n1C[C@H]1CCCO1. The lowest BCUT2D eigenvalue weighted by atomic mass is 10.0. The number of sulfonamides is 1. The lowest BCUT2D eigenvalue weighted by Gasteiger charge is -2.30. The van der Waals surface area contributed by atoms with Crippen molar-refractivity contribution in [2.45, 2.75) is 68.0 Å². The topological polar surface area (TPSA) is 64.4 Å². The molecule has 2 fully saturated rings. The van der Waals surface area contributed by atoms with Crippen LogP contribution in [0.4, 0.5) is 4.39 Å². The van der Waals surface area contributed by atoms with Crippen molar-refractivity contribution in [2.75, 3.05) is 19.7 Å². The van der Waals surface area contributed by atoms with Crippen LogP contribution in [0.25, 0.3) is 11.0 Å². The van der Waals surface area contributed by atoms with E-state index in [1.54, 1.807) is 34.3 Å². The highest BCUT2D eigenvalue weighted by Crippen LogP contribution is 2.32. The molecule has 9 heteroatoms. The Labute approximate surface area is 210 Å². The van der Waals surface area contributed by atoms with E-state index >= 15 is 0 Å². The number of hydrogen-bond donors (Lipinski definition) is 0. The maximum Gasteiger partial charge on any atom is 0.243 e. The smallest absolute Gasteiger partial charge is 0.243 e. The zero-order chi connectivity index (χ0) is 24.6. The Morgan fingerprint density at radius 3 is 2.77 bits per heavy atom. The van der Waals surface area contributed by atoms with E-state index in [4.69, 9.17) is 9.72 Å². The number of imidazole rings is 1. The molecule has 2 saturated heterocycles. The van der Waals surface area contributed by atoms with Crippen LogP contribution < -0.4 is 0 Å². The number of hydrogen-bond acceptors (Lipinski definition) is 5. The van der Waals surface area contributed by atoms with Gasteiger partial charge in [0, 0.05) is 25.4 Å². The normalized spacial score (nSPS) is 21.7. The van der Waals surface area contributed by atoms with Crippen molar-refractivity contribution in [3.63, 3.8) is 0 Å². The Bertz CT molecular complexity index is 1320. The summed E-state index contributed by atoms with van der Waals surface area (Å²) in [6.07, 6.45) is 4.12. The lowest BCUT2D eigenvalue weighted by Crippen LogP contribution is -2.39. The molecule has 5 rings (SSSR count). The van der Waals surface area contributed by atoms with Gasteiger partial charge in [-0.1, -0.05) is 24.8 Å². The first kappa shape index (κ1) is 24.7. The summed E-state index contributed by atoms with van der Waals surface area (Å²) in [7, 11) is -3.56. The minimum absolute atomic E-state index is 0.123. The van der Waals surface area contributed by atoms with Crippen LogP contribution in [0.2, 0.25) is 0 Å². The van der Waals surface area contributed by atoms with Crippen LogP contribution in [-0.2, 0) is 27.1 Å². The number of aryl methyl sites for hydroxylation is 1. The van der Waals surface area contributed by atoms with Gasteiger partial charge < -0.3 is 9.30 Å². The zero-order valence-electron chi connectivity index (χ0n) is 20.2. The van der Waals surface area contributed by atoms with Gasteiger partial charge in [0.15, 0.2) is 5.16 Å². The molecule has 3 heterocycles. The summed E-state index contributed by atoms with van der Waals surface area (Å²) in [5, 5.41) is 0.820. The minimum Gasteiger partial charge on any atom is -0.376 e. The first-order chi connectivity index (χ1) is 16.8. The second-order valence-corrected chi connectivity index (χ2v) is 12.6. The first-order valence-corrected chi connectivity index (χ1v) is 14.7. The van der Waals surface area contributed by atoms with Crippen LogP contribution >= 0.6 is 11.8 Å². The number of fused-ring (bicyclic) bond motifs is 1. The van der Waals surface area contributed by atoms with Crippen LogP contribution in [0.1, 0.15) is 43.7 Å². The molecule has 0 N–H and O–H groups in total. The van der Waals surface area contributed by atoms with Crippen LogP contribution in [-0.4, -0.2) is 48.1 Å². The Hall–Kier alpha value is -1.94. The number of ether oxygens (including phenoxy) is 1. The quantitative estimate of drug-likeness (QED) is 0.394. The van der Waals surface area contributed by atoms with Crippen LogP contribution in [0.3, 0.4) is 0 Å². The summed E-state index contributed by atoms with van der Waals surface area (Å²) in [6, 6.07) is 10.1. The lowest BCUT2D eigenvalue weighted by molar-refractivity contribution is 0.0960. The molecule has 1 aromatic heterocycles. The van der Waals surface area contributed by atoms with Crippen molar-refractivity contribution in [3.05, 3.63) is 53.3 Å². The van der Waals surface area contributed by atoms with Gasteiger partial charge in [-0.25, -0.2) is 17.8 Å². The van der Waals surface area contributed by atoms with Crippen molar-refractivity contribution in [1.29, 1.82) is 0 Å². The molecule has 6 nitrogen and oxygen atoms in total. The number of halogens is 1. The Kier molecular flexibility index (Phi) is 7.21. The van der Waals surface area contributed by atoms with Crippen LogP contribution in [0.15, 0.2) is 46.5 Å². The molecule has 2 aromatic carbocycles. The van der Waals surface area contributed by atoms with Crippen LogP contribution in [0, 0.1) is 18.7 Å². The summed E-state index contributed by atoms with van der Waals surface area (Å²) in [5.74, 6) is 0.780. The van der Waals surface area contributed by atoms with E-state index in [9.17, 15) is 12.8 Å². The fourth-order valence-corrected chi connectivity index (χ4v) is 7.72. The third-order valence-electron chi connectivity index (χ3n) is 7.01. The molecule has 0 spiro atoms. The van der Waals surface area contributed by atoms with Gasteiger partial charge in [0.25, 0.3) is 0 Å². The maximum absolute atomic E-state index is 13.5. The molecule has 0 amide bonds. The standard InChI is InChI=1S/C26H32FN3O3S2/c1-18-5-3-11-29(15-18)35(31,32)23-9-10-25-24(14-23)28-26(30(25)16-22-6-4-12-33-22)34-17-20-7-8-21(27)13-19(20)2/h7-10,13-14,18,22H,3-6,11-12,15-17H2,1-2H3/t18-,22-/m1/s1. The van der Waals surface area contributed by atoms with Crippen molar-refractivity contribution in [3.8, 4) is 0 Å². The predicted octanol–water partition coefficient (Wildman–Crippen LogP) is 5.38. The fourth-order valence-electron chi connectivity index (χ4n) is 5.00. The van der Waals surface area contributed by atoms with Crippen molar-refractivity contribution in [1.82, 2.24) is 13.9 Å². The number of thioether (sulfide) groups is 1. The van der Waals surface area contributed by atoms with Gasteiger partial charge in [0.05, 0.1) is 28.6 Å². The zero-order valence-corrected chi connectivity index (χ0v) is 21.9. The van der Waals surface area contributed by atoms with Crippen LogP contribution in [0.5, 0.6) is 0 Å². The number of nitrogens with zero attached hydrogens (tertiary/aromatic N) is 3. The Morgan fingerprint density at radius 2 is 2.03 bits per heavy atom. The predicted molar refractivity (Wildman–Crippen MR) is 137 cm³/mol. The van der Waals surface area contributed by atoms with E-state index in [0.29, 0.717) is 41.7 Å². The summed E-state index contributed by atoms with van der Waals surface area (Å²) >= 11 is 1.58. The van der Waals surface area contributed by atoms with Gasteiger partial charge >= 0.3 is 0 Å². The molecular weight excluding hydrogens is 485 g/mol. The largest absolute Gasteiger partial charge is 0.376 e. The number of piperidine rings is 1. The summed E-state index contributed by atoms with van der Waals surface area (Å²) in [5.41, 5.74) is 3.54. The highest BCUT2D eigenvalue weighted by Gasteiger charge is 2.29. The monoisotopic (exact) mass is 517 g/mol. The van der Waals surface area contributed by atoms with Crippen molar-refractivity contribution in [2.24, 2.45) is 5.92 Å². The molecule has 2 aliphatic rings. The van der Waals surface area contributed by atoms with Gasteiger partial charge in [0.1, 0.15) is 5.82 Å². The molecule has 0 radical (unpaired) electrons. The molecule has 0 saturated carbocycles. The van der Waals surface area contributed by atoms with Gasteiger partial charge in [-0.3, -0.25) is 0 Å². The first-order valence-electron chi connectivity index (χ1n) is 12.3. The second kappa shape index (κ2) is 10.2. The number of benzene rings is 2. The summed E-state index contributed by atoms with van der Waals surface area (Å²) in [4.78, 5) is 5.16. The Morgan fingerprint density at radius 1 is 1.17 bits per heavy atom. The van der Waals surface area contributed by atoms with E-state index in [1.807, 2.05) is 19.1 Å². The summed E-state index contributed by atoms with van der Waals surface area (Å²) < 4.78 is 49.9. The highest BCUT2D eigenvalue weighted by molar-refractivity contribution is 7.98. The average molecular weight is 518 g/mol. The van der Waals surface area contributed by atoms with Gasteiger partial charge in [-0.15, -0.1) is 0 Å². The van der Waals surface area contributed by atoms with Crippen molar-refractivity contribution >= 4 is 32.8 Å². The maximum atomic E-state index is 13.5. The molecule has 2 aliphatic heterocycles. The average Bonchev–Trinajstić information content (AvgIpc) is 3.46. The third-order valence-corrected chi connectivity index (χ3v) is 9.90. The fraction of sp³-hybridized carbons (Fsp3) is 0.500. The van der Waals surface area contributed by atoms with E-state index in [0.717, 1.165) is 54.1 Å².